The zero-order chi connectivity index (χ0) is 87.3. The molecular formula is C72H70ClN23O27. The van der Waals surface area contributed by atoms with Gasteiger partial charge < -0.3 is 145 Å². The number of nitrogens with two attached hydrogens (primary N) is 3. The largest absolute Gasteiger partial charge is 0.739 e. The van der Waals surface area contributed by atoms with Crippen LogP contribution in [-0.4, -0.2) is 176 Å². The van der Waals surface area contributed by atoms with Crippen molar-refractivity contribution in [3.63, 3.8) is 0 Å². The molecule has 123 heavy (non-hydrogen) atoms. The summed E-state index contributed by atoms with van der Waals surface area (Å²) in [7, 11) is 7.76. The van der Waals surface area contributed by atoms with E-state index in [9.17, 15) is 55.9 Å². The number of nitrogens with zero attached hydrogens (tertiary/aromatic N) is 16. The standard InChI is InChI=1S/C12H15N5O4.C12H15N5O3.C9H8N2O5.C9H9NO3.C8H4ClN3O3.C8H6N4O3.C7H6N2O4.C7H7NO2/c1-15(2)4-3-13-12-14-17(19)9-6-11-10(20-7-21-11)5-8(9)16(12)18;1-16(2)4-3-13-12-14-8-5-10-11(20-7-19-10)6-9(8)17(18)15-12;1-5(12)10-6-2-8-9(16-4-15-8)3-7(6)11(13)14;1-6(11)10-7-2-3-8-9(4-7)13-5-12-8;2*9-8-10-4-1-6-7(15-3-14-6)2-5(4)12(13)11-8;8-4-1-6-7(13-3-12-6)2-5(4)9(10)11;8-5-1-2-6-7(3-5)10-4-9-6/h5-6H,3-4,7H2,1-2H3,(H,13,14);5-6H,3-4,7H2,1-2H3,(H,13,14,15);2-3H,4H2,1H3,(H,10,12);2-4H,5H2,1H3,(H,10,11);1-2H,3H2;1-2H,3H2,(H2,9,10,11);1-2H,3,8H2;1-3H,4,8H2. The van der Waals surface area contributed by atoms with Crippen LogP contribution >= 0.6 is 11.6 Å². The van der Waals surface area contributed by atoms with Gasteiger partial charge in [-0.2, -0.15) is 0 Å². The van der Waals surface area contributed by atoms with E-state index in [0.29, 0.717) is 176 Å². The summed E-state index contributed by atoms with van der Waals surface area (Å²) in [6, 6.07) is 28.4. The molecule has 0 saturated carbocycles. The van der Waals surface area contributed by atoms with E-state index in [-0.39, 0.29) is 110 Å². The van der Waals surface area contributed by atoms with Crippen LogP contribution in [0.2, 0.25) is 5.28 Å². The van der Waals surface area contributed by atoms with E-state index in [4.69, 9.17) is 105 Å². The van der Waals surface area contributed by atoms with Crippen molar-refractivity contribution in [2.45, 2.75) is 13.8 Å². The number of nitro groups is 2. The fourth-order valence-corrected chi connectivity index (χ4v) is 11.5. The molecule has 51 heteroatoms. The average molecular weight is 1720 g/mol. The number of aromatic nitrogens is 12. The first-order valence-electron chi connectivity index (χ1n) is 35.8. The highest BCUT2D eigenvalue weighted by atomic mass is 35.5. The van der Waals surface area contributed by atoms with Gasteiger partial charge in [0.1, 0.15) is 27.9 Å². The number of amides is 2. The molecule has 0 radical (unpaired) electrons. The van der Waals surface area contributed by atoms with Gasteiger partial charge in [-0.05, 0) is 78.6 Å². The number of likely N-dealkylation sites (N-methyl/N-ethyl adjacent to an activating group) is 2. The third kappa shape index (κ3) is 20.8. The lowest BCUT2D eigenvalue weighted by atomic mass is 10.2. The quantitative estimate of drug-likeness (QED) is 0.0299. The van der Waals surface area contributed by atoms with Gasteiger partial charge in [0.15, 0.2) is 97.5 Å². The summed E-state index contributed by atoms with van der Waals surface area (Å²) in [5.41, 5.74) is 20.1. The SMILES string of the molecule is CC(=O)Nc1cc2c(cc1[N+](=O)[O-])OCO2.CC(=O)Nc1ccc2c(c1)OCO2.CN(C)CCNc1n[n+]([O-])c2cc3c(cc2[n+]1[O-])OCO3.CN(C)CCNc1nc2cc3c(cc2[n+]([O-])n1)OCO3.Nc1cc2c(cc1[N+](=O)[O-])OCO2.Nc1ccc2c(c1)OCO2.Nc1nc2cc3c(cc2[n+]([O-])n1)OCO3.[O-][n+]1nc(Cl)nc2cc3c(cc21)OCO3. The Bertz CT molecular complexity index is 5950. The van der Waals surface area contributed by atoms with Gasteiger partial charge in [-0.25, -0.2) is 19.7 Å². The Morgan fingerprint density at radius 3 is 1.28 bits per heavy atom. The van der Waals surface area contributed by atoms with Gasteiger partial charge in [-0.1, -0.05) is 0 Å². The predicted octanol–water partition coefficient (Wildman–Crippen LogP) is 3.95. The highest BCUT2D eigenvalue weighted by Crippen LogP contribution is 2.43. The summed E-state index contributed by atoms with van der Waals surface area (Å²) in [4.78, 5) is 59.6. The number of rotatable bonds is 12. The van der Waals surface area contributed by atoms with Gasteiger partial charge >= 0.3 is 11.5 Å². The number of fused-ring (bicyclic) bond motifs is 12. The number of anilines is 7. The number of carbonyl (C=O) groups excluding carboxylic acids is 2. The molecule has 50 nitrogen and oxygen atoms in total. The van der Waals surface area contributed by atoms with Crippen molar-refractivity contribution < 1.29 is 119 Å². The summed E-state index contributed by atoms with van der Waals surface area (Å²) in [5.74, 6) is 8.24. The molecule has 4 aromatic heterocycles. The van der Waals surface area contributed by atoms with E-state index < -0.39 is 9.85 Å². The van der Waals surface area contributed by atoms with Crippen molar-refractivity contribution >= 4 is 120 Å². The molecule has 8 aliphatic rings. The summed E-state index contributed by atoms with van der Waals surface area (Å²) in [6.07, 6.45) is 0. The molecular weight excluding hydrogens is 1650 g/mol. The van der Waals surface area contributed by atoms with E-state index in [1.54, 1.807) is 60.7 Å². The second kappa shape index (κ2) is 37.5. The maximum Gasteiger partial charge on any atom is 0.461 e. The lowest BCUT2D eigenvalue weighted by Crippen LogP contribution is -2.44. The molecule has 0 fully saturated rings. The number of nitrogen functional groups attached to an aromatic ring is 3. The minimum absolute atomic E-state index is 0.0238. The van der Waals surface area contributed by atoms with E-state index >= 15 is 0 Å². The minimum Gasteiger partial charge on any atom is -0.739 e. The first-order chi connectivity index (χ1) is 59.0. The maximum atomic E-state index is 12.3. The molecule has 12 aromatic rings. The molecule has 0 unspecified atom stereocenters. The Labute approximate surface area is 695 Å². The third-order valence-corrected chi connectivity index (χ3v) is 17.2. The van der Waals surface area contributed by atoms with Crippen molar-refractivity contribution in [1.82, 2.24) is 45.1 Å². The second-order valence-corrected chi connectivity index (χ2v) is 26.5. The maximum absolute atomic E-state index is 12.3. The Balaban J connectivity index is 0.000000122. The van der Waals surface area contributed by atoms with Gasteiger partial charge in [-0.3, -0.25) is 35.1 Å². The number of hydrogen-bond donors (Lipinski definition) is 7. The molecule has 8 aliphatic heterocycles. The molecule has 0 spiro atoms. The zero-order valence-electron chi connectivity index (χ0n) is 65.2. The van der Waals surface area contributed by atoms with E-state index in [2.05, 4.69) is 56.6 Å². The van der Waals surface area contributed by atoms with Gasteiger partial charge in [-0.15, -0.1) is 0 Å². The fraction of sp³-hybridized carbons (Fsp3) is 0.250. The third-order valence-electron chi connectivity index (χ3n) is 17.0. The van der Waals surface area contributed by atoms with Crippen LogP contribution in [0.25, 0.3) is 44.1 Å². The van der Waals surface area contributed by atoms with Crippen LogP contribution in [0.4, 0.5) is 52.0 Å². The topological polar surface area (TPSA) is 626 Å². The lowest BCUT2D eigenvalue weighted by molar-refractivity contribution is -0.672. The summed E-state index contributed by atoms with van der Waals surface area (Å²) >= 11 is 5.56. The number of halogens is 1. The number of hydrogen-bond acceptors (Lipinski definition) is 41. The number of nitro benzene ring substituents is 2. The van der Waals surface area contributed by atoms with E-state index in [0.717, 1.165) is 23.7 Å². The summed E-state index contributed by atoms with van der Waals surface area (Å²) in [5, 5.41) is 105. The Morgan fingerprint density at radius 1 is 0.415 bits per heavy atom. The monoisotopic (exact) mass is 1720 g/mol. The fourth-order valence-electron chi connectivity index (χ4n) is 11.4. The Kier molecular flexibility index (Phi) is 25.7. The summed E-state index contributed by atoms with van der Waals surface area (Å²) < 4.78 is 82.5. The number of ether oxygens (including phenoxy) is 16. The second-order valence-electron chi connectivity index (χ2n) is 26.2. The van der Waals surface area contributed by atoms with Crippen LogP contribution in [0.5, 0.6) is 92.0 Å². The number of nitrogens with one attached hydrogen (secondary N) is 4. The van der Waals surface area contributed by atoms with Crippen molar-refractivity contribution in [3.8, 4) is 92.0 Å². The van der Waals surface area contributed by atoms with Gasteiger partial charge in [0.25, 0.3) is 45.1 Å². The lowest BCUT2D eigenvalue weighted by Gasteiger charge is -2.12. The highest BCUT2D eigenvalue weighted by molar-refractivity contribution is 6.28. The number of benzene rings is 8. The van der Waals surface area contributed by atoms with Gasteiger partial charge in [0.05, 0.1) is 63.0 Å². The van der Waals surface area contributed by atoms with Crippen LogP contribution in [0.15, 0.2) is 109 Å². The molecule has 10 N–H and O–H groups in total. The molecule has 0 saturated heterocycles. The first kappa shape index (κ1) is 84.5. The van der Waals surface area contributed by atoms with Crippen molar-refractivity contribution in [2.75, 3.05) is 147 Å². The Morgan fingerprint density at radius 2 is 0.789 bits per heavy atom. The van der Waals surface area contributed by atoms with E-state index in [1.807, 2.05) is 38.0 Å². The first-order valence-corrected chi connectivity index (χ1v) is 36.2. The van der Waals surface area contributed by atoms with E-state index in [1.165, 1.54) is 62.4 Å². The zero-order valence-corrected chi connectivity index (χ0v) is 65.9. The van der Waals surface area contributed by atoms with Crippen LogP contribution in [0, 0.1) is 46.3 Å². The molecule has 0 aliphatic carbocycles. The van der Waals surface area contributed by atoms with Gasteiger partial charge in [0.2, 0.25) is 71.3 Å². The molecule has 2 amide bonds. The van der Waals surface area contributed by atoms with Crippen LogP contribution in [-0.2, 0) is 9.59 Å². The van der Waals surface area contributed by atoms with Crippen LogP contribution < -0.4 is 138 Å². The highest BCUT2D eigenvalue weighted by Gasteiger charge is 2.30. The van der Waals surface area contributed by atoms with Crippen LogP contribution in [0.1, 0.15) is 13.8 Å². The van der Waals surface area contributed by atoms with Crippen molar-refractivity contribution in [1.29, 1.82) is 0 Å². The van der Waals surface area contributed by atoms with Crippen molar-refractivity contribution in [2.24, 2.45) is 0 Å². The minimum atomic E-state index is -0.590. The van der Waals surface area contributed by atoms with Crippen molar-refractivity contribution in [3.05, 3.63) is 161 Å². The number of carbonyl (C=O) groups is 2. The molecule has 0 atom stereocenters. The molecule has 12 heterocycles. The normalized spacial score (nSPS) is 13.0. The molecule has 8 aromatic carbocycles. The molecule has 642 valence electrons. The average Bonchev–Trinajstić information content (AvgIpc) is 1.76. The molecule has 20 rings (SSSR count). The summed E-state index contributed by atoms with van der Waals surface area (Å²) in [6.45, 7) is 6.60. The van der Waals surface area contributed by atoms with Gasteiger partial charge in [0, 0.05) is 103 Å². The van der Waals surface area contributed by atoms with Crippen LogP contribution in [0.3, 0.4) is 0 Å². The predicted molar refractivity (Wildman–Crippen MR) is 424 cm³/mol. The Hall–Kier alpha value is -16.4. The smallest absolute Gasteiger partial charge is 0.461 e. The molecule has 0 bridgehead atoms.